The van der Waals surface area contributed by atoms with E-state index in [1.54, 1.807) is 11.8 Å². The minimum Gasteiger partial charge on any atom is -0.392 e. The number of aliphatic hydroxyl groups excluding tert-OH is 1. The van der Waals surface area contributed by atoms with Crippen LogP contribution in [0.25, 0.3) is 0 Å². The molecule has 0 rings (SSSR count). The van der Waals surface area contributed by atoms with E-state index in [1.807, 2.05) is 25.8 Å². The van der Waals surface area contributed by atoms with E-state index in [-0.39, 0.29) is 5.91 Å². The highest BCUT2D eigenvalue weighted by Crippen LogP contribution is 1.98. The zero-order valence-corrected chi connectivity index (χ0v) is 10.9. The molecule has 0 spiro atoms. The summed E-state index contributed by atoms with van der Waals surface area (Å²) in [6, 6.07) is 0. The molecule has 94 valence electrons. The highest BCUT2D eigenvalue weighted by Gasteiger charge is 2.14. The minimum atomic E-state index is -0.408. The highest BCUT2D eigenvalue weighted by molar-refractivity contribution is 5.78. The summed E-state index contributed by atoms with van der Waals surface area (Å²) in [6.45, 7) is 11.5. The third-order valence-corrected chi connectivity index (χ3v) is 2.18. The summed E-state index contributed by atoms with van der Waals surface area (Å²) in [4.78, 5) is 15.5. The highest BCUT2D eigenvalue weighted by atomic mass is 16.3. The number of rotatable bonds is 7. The normalized spacial score (nSPS) is 12.6. The Balaban J connectivity index is 4.15. The van der Waals surface area contributed by atoms with Crippen molar-refractivity contribution >= 4 is 5.91 Å². The number of hydrogen-bond donors (Lipinski definition) is 1. The Labute approximate surface area is 98.5 Å². The summed E-state index contributed by atoms with van der Waals surface area (Å²) >= 11 is 0. The lowest BCUT2D eigenvalue weighted by molar-refractivity contribution is -0.131. The van der Waals surface area contributed by atoms with Crippen molar-refractivity contribution < 1.29 is 9.90 Å². The van der Waals surface area contributed by atoms with Gasteiger partial charge in [0.25, 0.3) is 0 Å². The number of nitrogens with zero attached hydrogens (tertiary/aromatic N) is 2. The standard InChI is InChI=1S/C12H24N2O2/c1-6-14(7-10(2)3)12(16)9-13(5)8-11(4)15/h11,15H,2,6-9H2,1,3-5H3. The number of amides is 1. The lowest BCUT2D eigenvalue weighted by Crippen LogP contribution is -2.41. The number of carbonyl (C=O) groups excluding carboxylic acids is 1. The summed E-state index contributed by atoms with van der Waals surface area (Å²) in [7, 11) is 1.83. The fraction of sp³-hybridized carbons (Fsp3) is 0.750. The number of aliphatic hydroxyl groups is 1. The van der Waals surface area contributed by atoms with Gasteiger partial charge in [0.15, 0.2) is 0 Å². The molecule has 0 radical (unpaired) electrons. The van der Waals surface area contributed by atoms with Gasteiger partial charge in [-0.25, -0.2) is 0 Å². The molecule has 0 bridgehead atoms. The average Bonchev–Trinajstić information content (AvgIpc) is 2.11. The summed E-state index contributed by atoms with van der Waals surface area (Å²) in [5.74, 6) is 0.0775. The molecular weight excluding hydrogens is 204 g/mol. The zero-order valence-electron chi connectivity index (χ0n) is 10.9. The molecule has 4 heteroatoms. The molecular formula is C12H24N2O2. The molecule has 0 aromatic heterocycles. The second-order valence-corrected chi connectivity index (χ2v) is 4.41. The summed E-state index contributed by atoms with van der Waals surface area (Å²) in [6.07, 6.45) is -0.408. The van der Waals surface area contributed by atoms with Gasteiger partial charge in [-0.15, -0.1) is 0 Å². The maximum Gasteiger partial charge on any atom is 0.237 e. The second kappa shape index (κ2) is 7.41. The molecule has 0 saturated heterocycles. The lowest BCUT2D eigenvalue weighted by atomic mass is 10.3. The van der Waals surface area contributed by atoms with Gasteiger partial charge in [-0.05, 0) is 27.8 Å². The first kappa shape index (κ1) is 15.1. The van der Waals surface area contributed by atoms with Crippen LogP contribution in [0.1, 0.15) is 20.8 Å². The topological polar surface area (TPSA) is 43.8 Å². The molecule has 0 heterocycles. The molecule has 0 aliphatic heterocycles. The Morgan fingerprint density at radius 2 is 2.00 bits per heavy atom. The van der Waals surface area contributed by atoms with Crippen LogP contribution in [0.2, 0.25) is 0 Å². The summed E-state index contributed by atoms with van der Waals surface area (Å²) < 4.78 is 0. The van der Waals surface area contributed by atoms with Crippen molar-refractivity contribution in [2.45, 2.75) is 26.9 Å². The fourth-order valence-corrected chi connectivity index (χ4v) is 1.55. The molecule has 4 nitrogen and oxygen atoms in total. The predicted molar refractivity (Wildman–Crippen MR) is 66.2 cm³/mol. The summed E-state index contributed by atoms with van der Waals surface area (Å²) in [5.41, 5.74) is 0.980. The number of carbonyl (C=O) groups is 1. The van der Waals surface area contributed by atoms with Crippen LogP contribution in [0.3, 0.4) is 0 Å². The van der Waals surface area contributed by atoms with Crippen molar-refractivity contribution in [1.82, 2.24) is 9.80 Å². The van der Waals surface area contributed by atoms with Gasteiger partial charge in [-0.1, -0.05) is 12.2 Å². The first-order chi connectivity index (χ1) is 7.36. The van der Waals surface area contributed by atoms with Crippen LogP contribution in [0.15, 0.2) is 12.2 Å². The molecule has 0 aromatic carbocycles. The van der Waals surface area contributed by atoms with Crippen LogP contribution in [0, 0.1) is 0 Å². The summed E-state index contributed by atoms with van der Waals surface area (Å²) in [5, 5.41) is 9.20. The van der Waals surface area contributed by atoms with Crippen LogP contribution in [0.5, 0.6) is 0 Å². The predicted octanol–water partition coefficient (Wildman–Crippen LogP) is 0.724. The fourth-order valence-electron chi connectivity index (χ4n) is 1.55. The van der Waals surface area contributed by atoms with Gasteiger partial charge in [-0.3, -0.25) is 9.69 Å². The van der Waals surface area contributed by atoms with Crippen LogP contribution >= 0.6 is 0 Å². The van der Waals surface area contributed by atoms with Gasteiger partial charge in [0.1, 0.15) is 0 Å². The molecule has 1 unspecified atom stereocenters. The van der Waals surface area contributed by atoms with Crippen molar-refractivity contribution in [2.24, 2.45) is 0 Å². The molecule has 16 heavy (non-hydrogen) atoms. The molecule has 1 N–H and O–H groups in total. The van der Waals surface area contributed by atoms with Gasteiger partial charge < -0.3 is 10.0 Å². The average molecular weight is 228 g/mol. The van der Waals surface area contributed by atoms with Gasteiger partial charge in [0.2, 0.25) is 5.91 Å². The lowest BCUT2D eigenvalue weighted by Gasteiger charge is -2.25. The third kappa shape index (κ3) is 6.58. The van der Waals surface area contributed by atoms with E-state index in [0.29, 0.717) is 26.2 Å². The SMILES string of the molecule is C=C(C)CN(CC)C(=O)CN(C)CC(C)O. The van der Waals surface area contributed by atoms with Gasteiger partial charge >= 0.3 is 0 Å². The molecule has 0 saturated carbocycles. The van der Waals surface area contributed by atoms with E-state index >= 15 is 0 Å². The monoisotopic (exact) mass is 228 g/mol. The molecule has 1 amide bonds. The number of likely N-dealkylation sites (N-methyl/N-ethyl adjacent to an activating group) is 2. The van der Waals surface area contributed by atoms with Crippen LogP contribution in [0.4, 0.5) is 0 Å². The van der Waals surface area contributed by atoms with E-state index in [9.17, 15) is 9.90 Å². The number of hydrogen-bond acceptors (Lipinski definition) is 3. The molecule has 0 fully saturated rings. The van der Waals surface area contributed by atoms with Crippen LogP contribution in [-0.4, -0.2) is 60.1 Å². The van der Waals surface area contributed by atoms with Crippen LogP contribution < -0.4 is 0 Å². The van der Waals surface area contributed by atoms with Crippen molar-refractivity contribution in [1.29, 1.82) is 0 Å². The second-order valence-electron chi connectivity index (χ2n) is 4.41. The first-order valence-electron chi connectivity index (χ1n) is 5.65. The Hall–Kier alpha value is -0.870. The molecule has 1 atom stereocenters. The Bertz CT molecular complexity index is 239. The Kier molecular flexibility index (Phi) is 7.01. The molecule has 0 aromatic rings. The van der Waals surface area contributed by atoms with Gasteiger partial charge in [0, 0.05) is 19.6 Å². The van der Waals surface area contributed by atoms with E-state index in [0.717, 1.165) is 5.57 Å². The first-order valence-corrected chi connectivity index (χ1v) is 5.65. The smallest absolute Gasteiger partial charge is 0.237 e. The van der Waals surface area contributed by atoms with E-state index in [1.165, 1.54) is 0 Å². The van der Waals surface area contributed by atoms with E-state index < -0.39 is 6.10 Å². The van der Waals surface area contributed by atoms with Gasteiger partial charge in [0.05, 0.1) is 12.6 Å². The molecule has 0 aliphatic carbocycles. The van der Waals surface area contributed by atoms with E-state index in [4.69, 9.17) is 0 Å². The third-order valence-electron chi connectivity index (χ3n) is 2.18. The van der Waals surface area contributed by atoms with Crippen molar-refractivity contribution in [3.63, 3.8) is 0 Å². The van der Waals surface area contributed by atoms with Crippen molar-refractivity contribution in [2.75, 3.05) is 33.2 Å². The Morgan fingerprint density at radius 1 is 1.44 bits per heavy atom. The zero-order chi connectivity index (χ0) is 12.7. The van der Waals surface area contributed by atoms with Gasteiger partial charge in [-0.2, -0.15) is 0 Å². The Morgan fingerprint density at radius 3 is 2.38 bits per heavy atom. The maximum atomic E-state index is 11.9. The minimum absolute atomic E-state index is 0.0775. The molecule has 0 aliphatic rings. The quantitative estimate of drug-likeness (QED) is 0.653. The van der Waals surface area contributed by atoms with Crippen LogP contribution in [-0.2, 0) is 4.79 Å². The largest absolute Gasteiger partial charge is 0.392 e. The maximum absolute atomic E-state index is 11.9. The van der Waals surface area contributed by atoms with Crippen molar-refractivity contribution in [3.05, 3.63) is 12.2 Å². The van der Waals surface area contributed by atoms with E-state index in [2.05, 4.69) is 6.58 Å². The van der Waals surface area contributed by atoms with Crippen molar-refractivity contribution in [3.8, 4) is 0 Å².